The minimum atomic E-state index is 0.203. The summed E-state index contributed by atoms with van der Waals surface area (Å²) in [7, 11) is 0. The lowest BCUT2D eigenvalue weighted by atomic mass is 10.1. The van der Waals surface area contributed by atoms with Crippen molar-refractivity contribution in [1.82, 2.24) is 5.32 Å². The van der Waals surface area contributed by atoms with E-state index in [-0.39, 0.29) is 5.91 Å². The molecule has 0 fully saturated rings. The number of hydrogen-bond donors (Lipinski definition) is 1. The molecule has 0 rings (SSSR count). The van der Waals surface area contributed by atoms with Crippen molar-refractivity contribution in [1.29, 1.82) is 0 Å². The first-order valence-electron chi connectivity index (χ1n) is 5.09. The molecule has 0 bridgehead atoms. The first-order chi connectivity index (χ1) is 6.24. The van der Waals surface area contributed by atoms with Crippen LogP contribution in [0.2, 0.25) is 0 Å². The average Bonchev–Trinajstić information content (AvgIpc) is 2.14. The first-order valence-corrected chi connectivity index (χ1v) is 6.22. The number of nitrogens with one attached hydrogen (secondary N) is 1. The van der Waals surface area contributed by atoms with E-state index in [1.807, 2.05) is 0 Å². The number of alkyl halides is 1. The lowest BCUT2D eigenvalue weighted by molar-refractivity contribution is -0.121. The number of halogens is 1. The smallest absolute Gasteiger partial charge is 0.220 e. The van der Waals surface area contributed by atoms with Gasteiger partial charge in [-0.2, -0.15) is 0 Å². The van der Waals surface area contributed by atoms with Gasteiger partial charge in [0.15, 0.2) is 0 Å². The van der Waals surface area contributed by atoms with Crippen molar-refractivity contribution in [2.45, 2.75) is 52.0 Å². The lowest BCUT2D eigenvalue weighted by Gasteiger charge is -2.14. The summed E-state index contributed by atoms with van der Waals surface area (Å²) in [6.07, 6.45) is 4.79. The number of unbranched alkanes of at least 4 members (excludes halogenated alkanes) is 1. The fraction of sp³-hybridized carbons (Fsp3) is 0.900. The Labute approximate surface area is 89.6 Å². The molecule has 3 heteroatoms. The van der Waals surface area contributed by atoms with Gasteiger partial charge >= 0.3 is 0 Å². The first kappa shape index (κ1) is 12.9. The van der Waals surface area contributed by atoms with Gasteiger partial charge in [-0.3, -0.25) is 4.79 Å². The minimum Gasteiger partial charge on any atom is -0.353 e. The maximum absolute atomic E-state index is 11.3. The number of rotatable bonds is 7. The zero-order valence-electron chi connectivity index (χ0n) is 8.61. The Balaban J connectivity index is 3.48. The highest BCUT2D eigenvalue weighted by Gasteiger charge is 2.06. The molecule has 78 valence electrons. The van der Waals surface area contributed by atoms with E-state index >= 15 is 0 Å². The van der Waals surface area contributed by atoms with Crippen molar-refractivity contribution in [3.05, 3.63) is 0 Å². The monoisotopic (exact) mass is 249 g/mol. The molecule has 0 heterocycles. The molecule has 0 aliphatic heterocycles. The maximum Gasteiger partial charge on any atom is 0.220 e. The van der Waals surface area contributed by atoms with Gasteiger partial charge in [-0.25, -0.2) is 0 Å². The summed E-state index contributed by atoms with van der Waals surface area (Å²) < 4.78 is 0. The van der Waals surface area contributed by atoms with Crippen LogP contribution in [-0.4, -0.2) is 17.3 Å². The van der Waals surface area contributed by atoms with Crippen LogP contribution in [0.25, 0.3) is 0 Å². The predicted octanol–water partition coefficient (Wildman–Crippen LogP) is 2.86. The van der Waals surface area contributed by atoms with E-state index in [0.717, 1.165) is 31.0 Å². The Morgan fingerprint density at radius 1 is 1.31 bits per heavy atom. The highest BCUT2D eigenvalue weighted by Crippen LogP contribution is 2.01. The third kappa shape index (κ3) is 7.05. The normalized spacial score (nSPS) is 10.5. The van der Waals surface area contributed by atoms with Crippen LogP contribution in [0.1, 0.15) is 46.0 Å². The summed E-state index contributed by atoms with van der Waals surface area (Å²) in [5, 5.41) is 4.01. The Morgan fingerprint density at radius 2 is 1.92 bits per heavy atom. The number of hydrogen-bond acceptors (Lipinski definition) is 1. The van der Waals surface area contributed by atoms with E-state index in [9.17, 15) is 4.79 Å². The van der Waals surface area contributed by atoms with Gasteiger partial charge in [-0.15, -0.1) is 0 Å². The molecular weight excluding hydrogens is 230 g/mol. The SMILES string of the molecule is CCC(CC)NC(=O)CCCCBr. The fourth-order valence-corrected chi connectivity index (χ4v) is 1.57. The minimum absolute atomic E-state index is 0.203. The molecule has 0 aromatic rings. The molecule has 0 saturated heterocycles. The molecule has 0 atom stereocenters. The van der Waals surface area contributed by atoms with Crippen LogP contribution in [0.15, 0.2) is 0 Å². The number of carbonyl (C=O) groups excluding carboxylic acids is 1. The standard InChI is InChI=1S/C10H20BrNO/c1-3-9(4-2)12-10(13)7-5-6-8-11/h9H,3-8H2,1-2H3,(H,12,13). The molecule has 0 unspecified atom stereocenters. The Kier molecular flexibility index (Phi) is 8.51. The summed E-state index contributed by atoms with van der Waals surface area (Å²) in [6, 6.07) is 0.372. The van der Waals surface area contributed by atoms with Gasteiger partial charge in [0.25, 0.3) is 0 Å². The molecular formula is C10H20BrNO. The second-order valence-electron chi connectivity index (χ2n) is 3.23. The molecule has 0 aliphatic carbocycles. The van der Waals surface area contributed by atoms with Gasteiger partial charge in [0.1, 0.15) is 0 Å². The third-order valence-corrected chi connectivity index (χ3v) is 2.70. The van der Waals surface area contributed by atoms with E-state index in [2.05, 4.69) is 35.1 Å². The van der Waals surface area contributed by atoms with Crippen LogP contribution in [0, 0.1) is 0 Å². The molecule has 0 aliphatic rings. The summed E-state index contributed by atoms with van der Waals surface area (Å²) in [5.41, 5.74) is 0. The lowest BCUT2D eigenvalue weighted by Crippen LogP contribution is -2.33. The van der Waals surface area contributed by atoms with Gasteiger partial charge in [-0.05, 0) is 25.7 Å². The topological polar surface area (TPSA) is 29.1 Å². The van der Waals surface area contributed by atoms with Gasteiger partial charge in [0.2, 0.25) is 5.91 Å². The largest absolute Gasteiger partial charge is 0.353 e. The summed E-state index contributed by atoms with van der Waals surface area (Å²) >= 11 is 3.35. The van der Waals surface area contributed by atoms with E-state index in [1.54, 1.807) is 0 Å². The summed E-state index contributed by atoms with van der Waals surface area (Å²) in [6.45, 7) is 4.21. The van der Waals surface area contributed by atoms with Crippen LogP contribution in [0.4, 0.5) is 0 Å². The van der Waals surface area contributed by atoms with E-state index in [4.69, 9.17) is 0 Å². The van der Waals surface area contributed by atoms with Crippen molar-refractivity contribution in [3.63, 3.8) is 0 Å². The highest BCUT2D eigenvalue weighted by atomic mass is 79.9. The zero-order chi connectivity index (χ0) is 10.1. The number of amides is 1. The Bertz CT molecular complexity index is 135. The van der Waals surface area contributed by atoms with Crippen LogP contribution in [-0.2, 0) is 4.79 Å². The zero-order valence-corrected chi connectivity index (χ0v) is 10.2. The number of carbonyl (C=O) groups is 1. The van der Waals surface area contributed by atoms with Crippen LogP contribution in [0.3, 0.4) is 0 Å². The Hall–Kier alpha value is -0.0500. The van der Waals surface area contributed by atoms with Crippen molar-refractivity contribution >= 4 is 21.8 Å². The molecule has 1 N–H and O–H groups in total. The van der Waals surface area contributed by atoms with Crippen molar-refractivity contribution < 1.29 is 4.79 Å². The summed E-state index contributed by atoms with van der Waals surface area (Å²) in [4.78, 5) is 11.3. The van der Waals surface area contributed by atoms with Crippen LogP contribution >= 0.6 is 15.9 Å². The van der Waals surface area contributed by atoms with Crippen molar-refractivity contribution in [2.24, 2.45) is 0 Å². The van der Waals surface area contributed by atoms with E-state index < -0.39 is 0 Å². The molecule has 0 radical (unpaired) electrons. The molecule has 0 spiro atoms. The molecule has 0 saturated carbocycles. The second kappa shape index (κ2) is 8.54. The van der Waals surface area contributed by atoms with Crippen molar-refractivity contribution in [2.75, 3.05) is 5.33 Å². The molecule has 0 aromatic heterocycles. The predicted molar refractivity (Wildman–Crippen MR) is 60.2 cm³/mol. The average molecular weight is 250 g/mol. The second-order valence-corrected chi connectivity index (χ2v) is 4.02. The summed E-state index contributed by atoms with van der Waals surface area (Å²) in [5.74, 6) is 0.203. The molecule has 0 aromatic carbocycles. The van der Waals surface area contributed by atoms with E-state index in [1.165, 1.54) is 0 Å². The van der Waals surface area contributed by atoms with Crippen LogP contribution in [0.5, 0.6) is 0 Å². The van der Waals surface area contributed by atoms with Gasteiger partial charge < -0.3 is 5.32 Å². The van der Waals surface area contributed by atoms with E-state index in [0.29, 0.717) is 12.5 Å². The quantitative estimate of drug-likeness (QED) is 0.546. The van der Waals surface area contributed by atoms with Crippen molar-refractivity contribution in [3.8, 4) is 0 Å². The molecule has 13 heavy (non-hydrogen) atoms. The van der Waals surface area contributed by atoms with Gasteiger partial charge in [0.05, 0.1) is 0 Å². The molecule has 1 amide bonds. The highest BCUT2D eigenvalue weighted by molar-refractivity contribution is 9.09. The third-order valence-electron chi connectivity index (χ3n) is 2.14. The van der Waals surface area contributed by atoms with Gasteiger partial charge in [0, 0.05) is 17.8 Å². The fourth-order valence-electron chi connectivity index (χ4n) is 1.17. The van der Waals surface area contributed by atoms with Crippen LogP contribution < -0.4 is 5.32 Å². The molecule has 2 nitrogen and oxygen atoms in total. The Morgan fingerprint density at radius 3 is 2.38 bits per heavy atom. The van der Waals surface area contributed by atoms with Gasteiger partial charge in [-0.1, -0.05) is 29.8 Å². The maximum atomic E-state index is 11.3.